The maximum Gasteiger partial charge on any atom is 0.116 e. The lowest BCUT2D eigenvalue weighted by molar-refractivity contribution is 0.474. The van der Waals surface area contributed by atoms with Gasteiger partial charge >= 0.3 is 0 Å². The van der Waals surface area contributed by atoms with Crippen LogP contribution in [0.15, 0.2) is 64.5 Å². The number of fused-ring (bicyclic) bond motifs is 1. The molecule has 3 heteroatoms. The van der Waals surface area contributed by atoms with E-state index in [1.807, 2.05) is 30.3 Å². The molecule has 0 fully saturated rings. The second-order valence-electron chi connectivity index (χ2n) is 4.40. The topological polar surface area (TPSA) is 33.1 Å². The largest absolute Gasteiger partial charge is 0.508 e. The molecule has 3 aromatic rings. The van der Waals surface area contributed by atoms with E-state index in [4.69, 9.17) is 0 Å². The van der Waals surface area contributed by atoms with Gasteiger partial charge in [0.15, 0.2) is 0 Å². The number of benzene rings is 2. The summed E-state index contributed by atoms with van der Waals surface area (Å²) >= 11 is 1.57. The first kappa shape index (κ1) is 12.1. The van der Waals surface area contributed by atoms with Gasteiger partial charge in [0, 0.05) is 10.3 Å². The predicted molar refractivity (Wildman–Crippen MR) is 78.7 cm³/mol. The molecule has 0 atom stereocenters. The molecule has 0 aliphatic carbocycles. The summed E-state index contributed by atoms with van der Waals surface area (Å²) in [5, 5.41) is 11.6. The Kier molecular flexibility index (Phi) is 3.13. The first-order valence-corrected chi connectivity index (χ1v) is 6.87. The number of phenolic OH excluding ortho intramolecular Hbond substituents is 1. The van der Waals surface area contributed by atoms with Crippen molar-refractivity contribution in [2.45, 2.75) is 16.8 Å². The molecule has 94 valence electrons. The Morgan fingerprint density at radius 3 is 2.68 bits per heavy atom. The average molecular weight is 267 g/mol. The molecule has 0 saturated carbocycles. The van der Waals surface area contributed by atoms with Crippen LogP contribution in [0, 0.1) is 6.92 Å². The van der Waals surface area contributed by atoms with Crippen molar-refractivity contribution in [2.24, 2.45) is 0 Å². The van der Waals surface area contributed by atoms with Crippen LogP contribution in [0.5, 0.6) is 5.75 Å². The molecule has 1 aromatic heterocycles. The van der Waals surface area contributed by atoms with Crippen LogP contribution in [-0.2, 0) is 0 Å². The zero-order chi connectivity index (χ0) is 13.2. The van der Waals surface area contributed by atoms with Crippen LogP contribution in [-0.4, -0.2) is 10.1 Å². The summed E-state index contributed by atoms with van der Waals surface area (Å²) in [6.45, 7) is 2.06. The standard InChI is InChI=1S/C16H13NOS/c1-11-9-12-5-2-3-8-15(12)17-16(11)19-14-7-4-6-13(18)10-14/h2-10,18H,1H3. The van der Waals surface area contributed by atoms with Crippen molar-refractivity contribution in [3.63, 3.8) is 0 Å². The van der Waals surface area contributed by atoms with Crippen LogP contribution < -0.4 is 0 Å². The number of pyridine rings is 1. The summed E-state index contributed by atoms with van der Waals surface area (Å²) in [7, 11) is 0. The van der Waals surface area contributed by atoms with E-state index in [-0.39, 0.29) is 5.75 Å². The van der Waals surface area contributed by atoms with Gasteiger partial charge in [-0.2, -0.15) is 0 Å². The molecule has 2 nitrogen and oxygen atoms in total. The van der Waals surface area contributed by atoms with Gasteiger partial charge in [0.25, 0.3) is 0 Å². The van der Waals surface area contributed by atoms with Crippen molar-refractivity contribution >= 4 is 22.7 Å². The molecule has 0 bridgehead atoms. The minimum absolute atomic E-state index is 0.281. The third-order valence-corrected chi connectivity index (χ3v) is 4.00. The summed E-state index contributed by atoms with van der Waals surface area (Å²) in [5.74, 6) is 0.281. The van der Waals surface area contributed by atoms with Gasteiger partial charge in [0.1, 0.15) is 10.8 Å². The third-order valence-electron chi connectivity index (χ3n) is 2.90. The fraction of sp³-hybridized carbons (Fsp3) is 0.0625. The Bertz CT molecular complexity index is 740. The highest BCUT2D eigenvalue weighted by atomic mass is 32.2. The number of phenols is 1. The molecule has 0 aliphatic rings. The fourth-order valence-electron chi connectivity index (χ4n) is 1.97. The maximum atomic E-state index is 9.50. The van der Waals surface area contributed by atoms with Crippen molar-refractivity contribution in [3.8, 4) is 5.75 Å². The van der Waals surface area contributed by atoms with Crippen molar-refractivity contribution in [3.05, 3.63) is 60.2 Å². The number of rotatable bonds is 2. The molecule has 1 N–H and O–H groups in total. The van der Waals surface area contributed by atoms with E-state index >= 15 is 0 Å². The van der Waals surface area contributed by atoms with Gasteiger partial charge < -0.3 is 5.11 Å². The van der Waals surface area contributed by atoms with Gasteiger partial charge in [0.05, 0.1) is 5.52 Å². The number of hydrogen-bond donors (Lipinski definition) is 1. The monoisotopic (exact) mass is 267 g/mol. The SMILES string of the molecule is Cc1cc2ccccc2nc1Sc1cccc(O)c1. The van der Waals surface area contributed by atoms with Gasteiger partial charge in [-0.3, -0.25) is 0 Å². The summed E-state index contributed by atoms with van der Waals surface area (Å²) in [6.07, 6.45) is 0. The lowest BCUT2D eigenvalue weighted by atomic mass is 10.2. The molecular formula is C16H13NOS. The van der Waals surface area contributed by atoms with E-state index in [9.17, 15) is 5.11 Å². The average Bonchev–Trinajstić information content (AvgIpc) is 2.40. The molecule has 1 heterocycles. The Balaban J connectivity index is 2.03. The molecule has 0 aliphatic heterocycles. The van der Waals surface area contributed by atoms with Crippen molar-refractivity contribution in [1.29, 1.82) is 0 Å². The maximum absolute atomic E-state index is 9.50. The minimum atomic E-state index is 0.281. The molecular weight excluding hydrogens is 254 g/mol. The highest BCUT2D eigenvalue weighted by Crippen LogP contribution is 2.32. The van der Waals surface area contributed by atoms with E-state index in [1.165, 1.54) is 0 Å². The highest BCUT2D eigenvalue weighted by Gasteiger charge is 2.05. The number of aromatic hydroxyl groups is 1. The van der Waals surface area contributed by atoms with Crippen LogP contribution in [0.1, 0.15) is 5.56 Å². The Morgan fingerprint density at radius 2 is 1.84 bits per heavy atom. The number of para-hydroxylation sites is 1. The number of nitrogens with zero attached hydrogens (tertiary/aromatic N) is 1. The quantitative estimate of drug-likeness (QED) is 0.747. The van der Waals surface area contributed by atoms with E-state index < -0.39 is 0 Å². The van der Waals surface area contributed by atoms with Crippen LogP contribution in [0.4, 0.5) is 0 Å². The second-order valence-corrected chi connectivity index (χ2v) is 5.46. The van der Waals surface area contributed by atoms with Gasteiger partial charge in [0.2, 0.25) is 0 Å². The Hall–Kier alpha value is -2.00. The zero-order valence-electron chi connectivity index (χ0n) is 10.5. The minimum Gasteiger partial charge on any atom is -0.508 e. The first-order valence-electron chi connectivity index (χ1n) is 6.06. The van der Waals surface area contributed by atoms with Gasteiger partial charge in [-0.1, -0.05) is 36.0 Å². The summed E-state index contributed by atoms with van der Waals surface area (Å²) in [4.78, 5) is 5.67. The summed E-state index contributed by atoms with van der Waals surface area (Å²) in [6, 6.07) is 17.5. The summed E-state index contributed by atoms with van der Waals surface area (Å²) in [5.41, 5.74) is 2.14. The van der Waals surface area contributed by atoms with Crippen LogP contribution in [0.25, 0.3) is 10.9 Å². The van der Waals surface area contributed by atoms with Crippen molar-refractivity contribution in [1.82, 2.24) is 4.98 Å². The van der Waals surface area contributed by atoms with Crippen LogP contribution in [0.3, 0.4) is 0 Å². The lowest BCUT2D eigenvalue weighted by Crippen LogP contribution is -1.87. The number of aryl methyl sites for hydroxylation is 1. The van der Waals surface area contributed by atoms with E-state index in [0.29, 0.717) is 0 Å². The van der Waals surface area contributed by atoms with E-state index in [1.54, 1.807) is 23.9 Å². The first-order chi connectivity index (χ1) is 9.22. The van der Waals surface area contributed by atoms with Gasteiger partial charge in [-0.25, -0.2) is 4.98 Å². The molecule has 0 unspecified atom stereocenters. The zero-order valence-corrected chi connectivity index (χ0v) is 11.3. The Morgan fingerprint density at radius 1 is 1.00 bits per heavy atom. The van der Waals surface area contributed by atoms with Crippen molar-refractivity contribution in [2.75, 3.05) is 0 Å². The predicted octanol–water partition coefficient (Wildman–Crippen LogP) is 4.40. The molecule has 19 heavy (non-hydrogen) atoms. The molecule has 3 rings (SSSR count). The van der Waals surface area contributed by atoms with Gasteiger partial charge in [-0.15, -0.1) is 0 Å². The molecule has 0 saturated heterocycles. The normalized spacial score (nSPS) is 10.8. The number of hydrogen-bond acceptors (Lipinski definition) is 3. The molecule has 0 radical (unpaired) electrons. The summed E-state index contributed by atoms with van der Waals surface area (Å²) < 4.78 is 0. The lowest BCUT2D eigenvalue weighted by Gasteiger charge is -2.07. The Labute approximate surface area is 116 Å². The highest BCUT2D eigenvalue weighted by molar-refractivity contribution is 7.99. The van der Waals surface area contributed by atoms with E-state index in [2.05, 4.69) is 24.0 Å². The van der Waals surface area contributed by atoms with E-state index in [0.717, 1.165) is 26.4 Å². The van der Waals surface area contributed by atoms with Gasteiger partial charge in [-0.05, 0) is 42.8 Å². The number of aromatic nitrogens is 1. The smallest absolute Gasteiger partial charge is 0.116 e. The molecule has 0 amide bonds. The third kappa shape index (κ3) is 2.56. The molecule has 2 aromatic carbocycles. The van der Waals surface area contributed by atoms with Crippen LogP contribution in [0.2, 0.25) is 0 Å². The van der Waals surface area contributed by atoms with Crippen LogP contribution >= 0.6 is 11.8 Å². The fourth-order valence-corrected chi connectivity index (χ4v) is 2.88. The second kappa shape index (κ2) is 4.94. The van der Waals surface area contributed by atoms with Crippen molar-refractivity contribution < 1.29 is 5.11 Å². The molecule has 0 spiro atoms.